The van der Waals surface area contributed by atoms with Crippen molar-refractivity contribution in [2.24, 2.45) is 0 Å². The molecule has 0 radical (unpaired) electrons. The van der Waals surface area contributed by atoms with Gasteiger partial charge in [-0.05, 0) is 42.2 Å². The molecule has 4 heteroatoms. The number of hydrogen-bond acceptors (Lipinski definition) is 3. The predicted octanol–water partition coefficient (Wildman–Crippen LogP) is 2.53. The van der Waals surface area contributed by atoms with Crippen LogP contribution in [0.4, 0.5) is 5.69 Å². The first-order valence-electron chi connectivity index (χ1n) is 7.06. The van der Waals surface area contributed by atoms with Gasteiger partial charge >= 0.3 is 0 Å². The highest BCUT2D eigenvalue weighted by atomic mass is 16.5. The van der Waals surface area contributed by atoms with E-state index in [1.54, 1.807) is 13.3 Å². The number of pyridine rings is 1. The minimum absolute atomic E-state index is 0.118. The molecule has 0 spiro atoms. The number of aryl methyl sites for hydroxylation is 1. The molecular weight excluding hydrogens is 264 g/mol. The maximum atomic E-state index is 12.6. The average molecular weight is 282 g/mol. The van der Waals surface area contributed by atoms with E-state index in [2.05, 4.69) is 30.1 Å². The fraction of sp³-hybridized carbons (Fsp3) is 0.294. The van der Waals surface area contributed by atoms with Crippen LogP contribution in [0, 0.1) is 6.92 Å². The minimum atomic E-state index is 0.118. The van der Waals surface area contributed by atoms with Crippen LogP contribution in [-0.4, -0.2) is 24.5 Å². The number of carbonyl (C=O) groups is 1. The minimum Gasteiger partial charge on any atom is -0.481 e. The second kappa shape index (κ2) is 5.56. The van der Waals surface area contributed by atoms with Gasteiger partial charge in [0.05, 0.1) is 13.5 Å². The third kappa shape index (κ3) is 2.75. The topological polar surface area (TPSA) is 42.4 Å². The molecule has 0 aliphatic carbocycles. The zero-order valence-electron chi connectivity index (χ0n) is 12.3. The van der Waals surface area contributed by atoms with Crippen LogP contribution >= 0.6 is 0 Å². The molecule has 4 nitrogen and oxygen atoms in total. The second-order valence-corrected chi connectivity index (χ2v) is 5.31. The Hall–Kier alpha value is -2.36. The van der Waals surface area contributed by atoms with Crippen molar-refractivity contribution in [3.05, 3.63) is 53.2 Å². The lowest BCUT2D eigenvalue weighted by Crippen LogP contribution is -2.30. The van der Waals surface area contributed by atoms with Crippen LogP contribution in [0.2, 0.25) is 0 Å². The van der Waals surface area contributed by atoms with Crippen LogP contribution in [-0.2, 0) is 17.6 Å². The van der Waals surface area contributed by atoms with Crippen molar-refractivity contribution >= 4 is 11.6 Å². The van der Waals surface area contributed by atoms with Crippen LogP contribution < -0.4 is 9.64 Å². The average Bonchev–Trinajstić information content (AvgIpc) is 2.90. The third-order valence-corrected chi connectivity index (χ3v) is 3.80. The van der Waals surface area contributed by atoms with Crippen LogP contribution in [0.1, 0.15) is 16.7 Å². The molecule has 0 bridgehead atoms. The molecule has 108 valence electrons. The molecule has 0 N–H and O–H groups in total. The summed E-state index contributed by atoms with van der Waals surface area (Å²) in [6.45, 7) is 2.81. The van der Waals surface area contributed by atoms with Crippen LogP contribution in [0.15, 0.2) is 36.5 Å². The van der Waals surface area contributed by atoms with Gasteiger partial charge in [0.1, 0.15) is 0 Å². The molecule has 0 saturated heterocycles. The molecule has 2 aromatic rings. The predicted molar refractivity (Wildman–Crippen MR) is 81.7 cm³/mol. The number of methoxy groups -OCH3 is 1. The summed E-state index contributed by atoms with van der Waals surface area (Å²) in [6.07, 6.45) is 2.97. The van der Waals surface area contributed by atoms with Crippen LogP contribution in [0.5, 0.6) is 5.88 Å². The van der Waals surface area contributed by atoms with Crippen molar-refractivity contribution in [3.63, 3.8) is 0 Å². The highest BCUT2D eigenvalue weighted by Crippen LogP contribution is 2.29. The Morgan fingerprint density at radius 1 is 1.33 bits per heavy atom. The van der Waals surface area contributed by atoms with E-state index in [9.17, 15) is 4.79 Å². The van der Waals surface area contributed by atoms with Crippen molar-refractivity contribution in [1.82, 2.24) is 4.98 Å². The largest absolute Gasteiger partial charge is 0.481 e. The number of benzene rings is 1. The number of hydrogen-bond donors (Lipinski definition) is 0. The van der Waals surface area contributed by atoms with Gasteiger partial charge in [-0.15, -0.1) is 0 Å². The second-order valence-electron chi connectivity index (χ2n) is 5.31. The van der Waals surface area contributed by atoms with E-state index >= 15 is 0 Å². The molecule has 0 saturated carbocycles. The molecule has 3 rings (SSSR count). The summed E-state index contributed by atoms with van der Waals surface area (Å²) in [7, 11) is 1.58. The first-order valence-corrected chi connectivity index (χ1v) is 7.06. The molecule has 0 unspecified atom stereocenters. The van der Waals surface area contributed by atoms with E-state index in [-0.39, 0.29) is 5.91 Å². The summed E-state index contributed by atoms with van der Waals surface area (Å²) in [5.41, 5.74) is 4.41. The monoisotopic (exact) mass is 282 g/mol. The lowest BCUT2D eigenvalue weighted by Gasteiger charge is -2.18. The Kier molecular flexibility index (Phi) is 3.60. The van der Waals surface area contributed by atoms with Crippen LogP contribution in [0.3, 0.4) is 0 Å². The van der Waals surface area contributed by atoms with Crippen molar-refractivity contribution in [1.29, 1.82) is 0 Å². The van der Waals surface area contributed by atoms with Crippen molar-refractivity contribution in [3.8, 4) is 5.88 Å². The van der Waals surface area contributed by atoms with Gasteiger partial charge in [-0.25, -0.2) is 4.98 Å². The van der Waals surface area contributed by atoms with E-state index in [1.165, 1.54) is 11.1 Å². The molecule has 1 aromatic heterocycles. The SMILES string of the molecule is COc1cc(CC(=O)N2CCc3ccc(C)cc32)ccn1. The zero-order chi connectivity index (χ0) is 14.8. The smallest absolute Gasteiger partial charge is 0.231 e. The van der Waals surface area contributed by atoms with Crippen molar-refractivity contribution in [2.75, 3.05) is 18.6 Å². The summed E-state index contributed by atoms with van der Waals surface area (Å²) < 4.78 is 5.10. The van der Waals surface area contributed by atoms with Crippen molar-refractivity contribution in [2.45, 2.75) is 19.8 Å². The molecule has 1 aliphatic heterocycles. The molecule has 1 aromatic carbocycles. The van der Waals surface area contributed by atoms with Gasteiger partial charge in [0, 0.05) is 24.5 Å². The Bertz CT molecular complexity index is 682. The quantitative estimate of drug-likeness (QED) is 0.868. The van der Waals surface area contributed by atoms with Crippen LogP contribution in [0.25, 0.3) is 0 Å². The number of aromatic nitrogens is 1. The first-order chi connectivity index (χ1) is 10.2. The highest BCUT2D eigenvalue weighted by molar-refractivity contribution is 5.96. The lowest BCUT2D eigenvalue weighted by molar-refractivity contribution is -0.117. The summed E-state index contributed by atoms with van der Waals surface area (Å²) in [4.78, 5) is 18.5. The van der Waals surface area contributed by atoms with E-state index in [1.807, 2.05) is 17.0 Å². The van der Waals surface area contributed by atoms with Gasteiger partial charge in [-0.2, -0.15) is 0 Å². The number of amides is 1. The Morgan fingerprint density at radius 2 is 2.19 bits per heavy atom. The molecule has 1 amide bonds. The standard InChI is InChI=1S/C17H18N2O2/c1-12-3-4-14-6-8-19(15(14)9-12)17(20)11-13-5-7-18-16(10-13)21-2/h3-5,7,9-10H,6,8,11H2,1-2H3. The van der Waals surface area contributed by atoms with E-state index in [4.69, 9.17) is 4.74 Å². The third-order valence-electron chi connectivity index (χ3n) is 3.80. The van der Waals surface area contributed by atoms with Gasteiger partial charge in [0.15, 0.2) is 0 Å². The number of anilines is 1. The van der Waals surface area contributed by atoms with E-state index in [0.29, 0.717) is 12.3 Å². The molecule has 0 fully saturated rings. The molecule has 2 heterocycles. The van der Waals surface area contributed by atoms with Gasteiger partial charge in [-0.1, -0.05) is 12.1 Å². The first kappa shape index (κ1) is 13.6. The number of fused-ring (bicyclic) bond motifs is 1. The van der Waals surface area contributed by atoms with E-state index < -0.39 is 0 Å². The van der Waals surface area contributed by atoms with Gasteiger partial charge < -0.3 is 9.64 Å². The maximum Gasteiger partial charge on any atom is 0.231 e. The van der Waals surface area contributed by atoms with Crippen molar-refractivity contribution < 1.29 is 9.53 Å². The number of carbonyl (C=O) groups excluding carboxylic acids is 1. The molecular formula is C17H18N2O2. The maximum absolute atomic E-state index is 12.6. The lowest BCUT2D eigenvalue weighted by atomic mass is 10.1. The molecule has 21 heavy (non-hydrogen) atoms. The Labute approximate surface area is 124 Å². The number of nitrogens with zero attached hydrogens (tertiary/aromatic N) is 2. The summed E-state index contributed by atoms with van der Waals surface area (Å²) in [5.74, 6) is 0.658. The zero-order valence-corrected chi connectivity index (χ0v) is 12.3. The Balaban J connectivity index is 1.80. The van der Waals surface area contributed by atoms with E-state index in [0.717, 1.165) is 24.2 Å². The summed E-state index contributed by atoms with van der Waals surface area (Å²) in [5, 5.41) is 0. The molecule has 0 atom stereocenters. The normalized spacial score (nSPS) is 13.1. The number of ether oxygens (including phenoxy) is 1. The fourth-order valence-corrected chi connectivity index (χ4v) is 2.69. The Morgan fingerprint density at radius 3 is 3.00 bits per heavy atom. The summed E-state index contributed by atoms with van der Waals surface area (Å²) >= 11 is 0. The fourth-order valence-electron chi connectivity index (χ4n) is 2.69. The molecule has 1 aliphatic rings. The number of rotatable bonds is 3. The van der Waals surface area contributed by atoms with Gasteiger partial charge in [0.25, 0.3) is 0 Å². The van der Waals surface area contributed by atoms with Gasteiger partial charge in [-0.3, -0.25) is 4.79 Å². The summed E-state index contributed by atoms with van der Waals surface area (Å²) in [6, 6.07) is 9.97. The highest BCUT2D eigenvalue weighted by Gasteiger charge is 2.24. The van der Waals surface area contributed by atoms with Gasteiger partial charge in [0.2, 0.25) is 11.8 Å².